The van der Waals surface area contributed by atoms with Gasteiger partial charge < -0.3 is 15.1 Å². The van der Waals surface area contributed by atoms with Crippen LogP contribution in [0.25, 0.3) is 0 Å². The fourth-order valence-corrected chi connectivity index (χ4v) is 2.30. The quantitative estimate of drug-likeness (QED) is 0.848. The number of hydrogen-bond donors (Lipinski definition) is 1. The van der Waals surface area contributed by atoms with Crippen LogP contribution in [0.1, 0.15) is 17.0 Å². The van der Waals surface area contributed by atoms with Gasteiger partial charge in [-0.15, -0.1) is 0 Å². The van der Waals surface area contributed by atoms with Crippen molar-refractivity contribution in [2.75, 3.05) is 45.2 Å². The van der Waals surface area contributed by atoms with Gasteiger partial charge in [0, 0.05) is 49.7 Å². The van der Waals surface area contributed by atoms with E-state index in [0.717, 1.165) is 50.1 Å². The van der Waals surface area contributed by atoms with Crippen molar-refractivity contribution in [2.45, 2.75) is 20.4 Å². The molecule has 0 aliphatic carbocycles. The number of nitrogens with zero attached hydrogens (tertiary/aromatic N) is 4. The first-order valence-corrected chi connectivity index (χ1v) is 6.54. The summed E-state index contributed by atoms with van der Waals surface area (Å²) in [5.41, 5.74) is 3.40. The van der Waals surface area contributed by atoms with E-state index in [9.17, 15) is 0 Å². The second kappa shape index (κ2) is 5.63. The number of aryl methyl sites for hydroxylation is 2. The highest BCUT2D eigenvalue weighted by atomic mass is 15.3. The van der Waals surface area contributed by atoms with Crippen molar-refractivity contribution >= 4 is 5.95 Å². The van der Waals surface area contributed by atoms with Crippen LogP contribution in [0.3, 0.4) is 0 Å². The van der Waals surface area contributed by atoms with Crippen LogP contribution in [0.5, 0.6) is 0 Å². The molecule has 2 rings (SSSR count). The molecule has 0 amide bonds. The molecular formula is C13H23N5. The Kier molecular flexibility index (Phi) is 4.14. The summed E-state index contributed by atoms with van der Waals surface area (Å²) in [6.07, 6.45) is 0. The molecule has 0 radical (unpaired) electrons. The molecule has 0 unspecified atom stereocenters. The van der Waals surface area contributed by atoms with Crippen LogP contribution >= 0.6 is 0 Å². The molecule has 1 fully saturated rings. The van der Waals surface area contributed by atoms with E-state index in [0.29, 0.717) is 0 Å². The molecule has 5 nitrogen and oxygen atoms in total. The largest absolute Gasteiger partial charge is 0.338 e. The van der Waals surface area contributed by atoms with E-state index in [1.54, 1.807) is 0 Å². The third kappa shape index (κ3) is 2.79. The molecular weight excluding hydrogens is 226 g/mol. The predicted octanol–water partition coefficient (Wildman–Crippen LogP) is 0.565. The Morgan fingerprint density at radius 3 is 2.11 bits per heavy atom. The van der Waals surface area contributed by atoms with Gasteiger partial charge in [-0.05, 0) is 27.9 Å². The van der Waals surface area contributed by atoms with Crippen molar-refractivity contribution in [3.63, 3.8) is 0 Å². The van der Waals surface area contributed by atoms with Crippen molar-refractivity contribution in [3.8, 4) is 0 Å². The minimum absolute atomic E-state index is 0.834. The Morgan fingerprint density at radius 1 is 1.06 bits per heavy atom. The van der Waals surface area contributed by atoms with Crippen molar-refractivity contribution in [1.82, 2.24) is 20.2 Å². The van der Waals surface area contributed by atoms with Crippen LogP contribution in [0.15, 0.2) is 0 Å². The van der Waals surface area contributed by atoms with Crippen LogP contribution in [0.4, 0.5) is 5.95 Å². The predicted molar refractivity (Wildman–Crippen MR) is 74.0 cm³/mol. The molecule has 1 saturated heterocycles. The summed E-state index contributed by atoms with van der Waals surface area (Å²) in [7, 11) is 4.11. The first-order chi connectivity index (χ1) is 8.61. The van der Waals surface area contributed by atoms with Crippen molar-refractivity contribution in [2.24, 2.45) is 0 Å². The molecule has 2 heterocycles. The second-order valence-corrected chi connectivity index (χ2v) is 4.99. The van der Waals surface area contributed by atoms with Gasteiger partial charge in [-0.25, -0.2) is 9.97 Å². The Balaban J connectivity index is 2.19. The van der Waals surface area contributed by atoms with Crippen molar-refractivity contribution in [1.29, 1.82) is 0 Å². The number of aromatic nitrogens is 2. The number of rotatable bonds is 3. The van der Waals surface area contributed by atoms with Crippen LogP contribution < -0.4 is 10.2 Å². The van der Waals surface area contributed by atoms with E-state index in [-0.39, 0.29) is 0 Å². The Labute approximate surface area is 109 Å². The molecule has 18 heavy (non-hydrogen) atoms. The molecule has 0 aromatic carbocycles. The molecule has 0 saturated carbocycles. The van der Waals surface area contributed by atoms with Crippen LogP contribution in [-0.2, 0) is 6.54 Å². The van der Waals surface area contributed by atoms with Gasteiger partial charge in [0.1, 0.15) is 0 Å². The highest BCUT2D eigenvalue weighted by Crippen LogP contribution is 2.16. The standard InChI is InChI=1S/C13H23N5/c1-10-12(9-14-3)11(2)16-13(15-10)18-7-5-17(4)6-8-18/h14H,5-9H2,1-4H3. The van der Waals surface area contributed by atoms with Gasteiger partial charge in [0.15, 0.2) is 0 Å². The zero-order valence-corrected chi connectivity index (χ0v) is 11.8. The molecule has 1 aromatic rings. The third-order valence-corrected chi connectivity index (χ3v) is 3.55. The van der Waals surface area contributed by atoms with Gasteiger partial charge in [-0.1, -0.05) is 0 Å². The summed E-state index contributed by atoms with van der Waals surface area (Å²) in [6, 6.07) is 0. The maximum atomic E-state index is 4.66. The third-order valence-electron chi connectivity index (χ3n) is 3.55. The first kappa shape index (κ1) is 13.2. The number of anilines is 1. The lowest BCUT2D eigenvalue weighted by atomic mass is 10.2. The molecule has 100 valence electrons. The monoisotopic (exact) mass is 249 g/mol. The van der Waals surface area contributed by atoms with Gasteiger partial charge in [0.05, 0.1) is 0 Å². The van der Waals surface area contributed by atoms with Crippen molar-refractivity contribution < 1.29 is 0 Å². The fourth-order valence-electron chi connectivity index (χ4n) is 2.30. The molecule has 0 spiro atoms. The number of hydrogen-bond acceptors (Lipinski definition) is 5. The van der Waals surface area contributed by atoms with Crippen LogP contribution in [-0.4, -0.2) is 55.1 Å². The minimum atomic E-state index is 0.834. The van der Waals surface area contributed by atoms with E-state index >= 15 is 0 Å². The second-order valence-electron chi connectivity index (χ2n) is 4.99. The van der Waals surface area contributed by atoms with E-state index in [1.165, 1.54) is 5.56 Å². The molecule has 5 heteroatoms. The lowest BCUT2D eigenvalue weighted by molar-refractivity contribution is 0.311. The fraction of sp³-hybridized carbons (Fsp3) is 0.692. The topological polar surface area (TPSA) is 44.3 Å². The lowest BCUT2D eigenvalue weighted by Crippen LogP contribution is -2.45. The summed E-state index contributed by atoms with van der Waals surface area (Å²) in [5, 5.41) is 3.17. The van der Waals surface area contributed by atoms with Gasteiger partial charge in [-0.3, -0.25) is 0 Å². The van der Waals surface area contributed by atoms with E-state index in [4.69, 9.17) is 0 Å². The number of likely N-dealkylation sites (N-methyl/N-ethyl adjacent to an activating group) is 1. The molecule has 1 aromatic heterocycles. The minimum Gasteiger partial charge on any atom is -0.338 e. The maximum Gasteiger partial charge on any atom is 0.225 e. The molecule has 1 aliphatic rings. The van der Waals surface area contributed by atoms with Crippen LogP contribution in [0.2, 0.25) is 0 Å². The van der Waals surface area contributed by atoms with Gasteiger partial charge in [0.2, 0.25) is 5.95 Å². The summed E-state index contributed by atoms with van der Waals surface area (Å²) < 4.78 is 0. The zero-order chi connectivity index (χ0) is 13.1. The highest BCUT2D eigenvalue weighted by Gasteiger charge is 2.18. The SMILES string of the molecule is CNCc1c(C)nc(N2CCN(C)CC2)nc1C. The molecule has 0 atom stereocenters. The zero-order valence-electron chi connectivity index (χ0n) is 11.8. The smallest absolute Gasteiger partial charge is 0.225 e. The lowest BCUT2D eigenvalue weighted by Gasteiger charge is -2.32. The highest BCUT2D eigenvalue weighted by molar-refractivity contribution is 5.37. The van der Waals surface area contributed by atoms with E-state index < -0.39 is 0 Å². The maximum absolute atomic E-state index is 4.66. The summed E-state index contributed by atoms with van der Waals surface area (Å²) >= 11 is 0. The Hall–Kier alpha value is -1.20. The normalized spacial score (nSPS) is 17.2. The van der Waals surface area contributed by atoms with Crippen LogP contribution in [0, 0.1) is 13.8 Å². The summed E-state index contributed by atoms with van der Waals surface area (Å²) in [5.74, 6) is 0.887. The first-order valence-electron chi connectivity index (χ1n) is 6.54. The Bertz CT molecular complexity index is 387. The summed E-state index contributed by atoms with van der Waals surface area (Å²) in [6.45, 7) is 9.17. The molecule has 1 aliphatic heterocycles. The van der Waals surface area contributed by atoms with Crippen molar-refractivity contribution in [3.05, 3.63) is 17.0 Å². The van der Waals surface area contributed by atoms with Gasteiger partial charge in [-0.2, -0.15) is 0 Å². The number of nitrogens with one attached hydrogen (secondary N) is 1. The van der Waals surface area contributed by atoms with Gasteiger partial charge >= 0.3 is 0 Å². The number of piperazine rings is 1. The molecule has 0 bridgehead atoms. The summed E-state index contributed by atoms with van der Waals surface area (Å²) in [4.78, 5) is 13.9. The average molecular weight is 249 g/mol. The molecule has 1 N–H and O–H groups in total. The van der Waals surface area contributed by atoms with E-state index in [2.05, 4.69) is 46.0 Å². The Morgan fingerprint density at radius 2 is 1.61 bits per heavy atom. The van der Waals surface area contributed by atoms with Gasteiger partial charge in [0.25, 0.3) is 0 Å². The van der Waals surface area contributed by atoms with E-state index in [1.807, 2.05) is 7.05 Å². The average Bonchev–Trinajstić information content (AvgIpc) is 2.34.